The van der Waals surface area contributed by atoms with E-state index in [1.807, 2.05) is 4.90 Å². The highest BCUT2D eigenvalue weighted by Gasteiger charge is 2.36. The highest BCUT2D eigenvalue weighted by atomic mass is 16.2. The lowest BCUT2D eigenvalue weighted by Crippen LogP contribution is -2.52. The number of carbonyl (C=O) groups is 1. The first kappa shape index (κ1) is 8.53. The largest absolute Gasteiger partial charge is 0.336 e. The molecular weight excluding hydrogens is 178 g/mol. The van der Waals surface area contributed by atoms with Gasteiger partial charge in [0.25, 0.3) is 0 Å². The van der Waals surface area contributed by atoms with Crippen LogP contribution in [0.25, 0.3) is 0 Å². The van der Waals surface area contributed by atoms with Crippen molar-refractivity contribution >= 4 is 6.03 Å². The number of hydrogen-bond donors (Lipinski definition) is 1. The molecule has 3 rings (SSSR count). The first-order valence-electron chi connectivity index (χ1n) is 5.60. The Morgan fingerprint density at radius 2 is 2.21 bits per heavy atom. The summed E-state index contributed by atoms with van der Waals surface area (Å²) < 4.78 is 0. The van der Waals surface area contributed by atoms with Crippen LogP contribution >= 0.6 is 0 Å². The average molecular weight is 195 g/mol. The Labute approximate surface area is 84.2 Å². The highest BCUT2D eigenvalue weighted by Crippen LogP contribution is 2.30. The zero-order valence-electron chi connectivity index (χ0n) is 8.41. The van der Waals surface area contributed by atoms with Gasteiger partial charge in [0.05, 0.1) is 6.04 Å². The summed E-state index contributed by atoms with van der Waals surface area (Å²) in [6.45, 7) is 5.18. The van der Waals surface area contributed by atoms with Crippen LogP contribution in [0.4, 0.5) is 4.79 Å². The molecule has 0 aromatic carbocycles. The number of fused-ring (bicyclic) bond motifs is 1. The van der Waals surface area contributed by atoms with Gasteiger partial charge in [0.15, 0.2) is 0 Å². The van der Waals surface area contributed by atoms with Gasteiger partial charge >= 0.3 is 6.03 Å². The molecule has 1 N–H and O–H groups in total. The average Bonchev–Trinajstić information content (AvgIpc) is 2.92. The molecule has 2 amide bonds. The zero-order valence-corrected chi connectivity index (χ0v) is 8.41. The molecule has 1 aliphatic carbocycles. The van der Waals surface area contributed by atoms with Crippen LogP contribution in [0, 0.1) is 5.92 Å². The minimum Gasteiger partial charge on any atom is -0.336 e. The zero-order chi connectivity index (χ0) is 9.54. The van der Waals surface area contributed by atoms with Crippen LogP contribution < -0.4 is 5.32 Å². The van der Waals surface area contributed by atoms with Crippen LogP contribution in [0.1, 0.15) is 12.8 Å². The summed E-state index contributed by atoms with van der Waals surface area (Å²) in [5.41, 5.74) is 0. The number of amides is 2. The first-order chi connectivity index (χ1) is 6.83. The third kappa shape index (κ3) is 1.47. The number of urea groups is 1. The van der Waals surface area contributed by atoms with Gasteiger partial charge in [-0.2, -0.15) is 0 Å². The van der Waals surface area contributed by atoms with Crippen LogP contribution in [0.3, 0.4) is 0 Å². The summed E-state index contributed by atoms with van der Waals surface area (Å²) in [5.74, 6) is 0.964. The molecule has 78 valence electrons. The van der Waals surface area contributed by atoms with E-state index in [1.54, 1.807) is 0 Å². The van der Waals surface area contributed by atoms with Gasteiger partial charge in [0, 0.05) is 32.7 Å². The summed E-state index contributed by atoms with van der Waals surface area (Å²) in [7, 11) is 0. The lowest BCUT2D eigenvalue weighted by molar-refractivity contribution is 0.118. The molecule has 4 nitrogen and oxygen atoms in total. The van der Waals surface area contributed by atoms with Gasteiger partial charge in [-0.05, 0) is 18.8 Å². The van der Waals surface area contributed by atoms with Crippen molar-refractivity contribution in [3.8, 4) is 0 Å². The molecule has 1 atom stereocenters. The summed E-state index contributed by atoms with van der Waals surface area (Å²) in [4.78, 5) is 15.9. The fraction of sp³-hybridized carbons (Fsp3) is 0.900. The molecule has 2 aliphatic heterocycles. The molecule has 1 saturated carbocycles. The van der Waals surface area contributed by atoms with E-state index >= 15 is 0 Å². The van der Waals surface area contributed by atoms with Crippen molar-refractivity contribution in [2.45, 2.75) is 18.9 Å². The molecule has 0 radical (unpaired) electrons. The monoisotopic (exact) mass is 195 g/mol. The van der Waals surface area contributed by atoms with Crippen molar-refractivity contribution in [1.82, 2.24) is 15.1 Å². The van der Waals surface area contributed by atoms with Crippen molar-refractivity contribution in [2.75, 3.05) is 32.7 Å². The van der Waals surface area contributed by atoms with Gasteiger partial charge < -0.3 is 10.2 Å². The molecular formula is C10H17N3O. The molecule has 2 saturated heterocycles. The Bertz CT molecular complexity index is 252. The molecule has 2 heterocycles. The minimum absolute atomic E-state index is 0.140. The number of rotatable bonds is 2. The second-order valence-corrected chi connectivity index (χ2v) is 4.74. The Balaban J connectivity index is 1.58. The first-order valence-corrected chi connectivity index (χ1v) is 5.60. The topological polar surface area (TPSA) is 35.6 Å². The van der Waals surface area contributed by atoms with Crippen LogP contribution in [0.15, 0.2) is 0 Å². The maximum Gasteiger partial charge on any atom is 0.317 e. The molecule has 0 aromatic heterocycles. The summed E-state index contributed by atoms with van der Waals surface area (Å²) in [5, 5.41) is 2.91. The van der Waals surface area contributed by atoms with Crippen LogP contribution in [-0.4, -0.2) is 54.6 Å². The fourth-order valence-electron chi connectivity index (χ4n) is 2.50. The van der Waals surface area contributed by atoms with E-state index in [1.165, 1.54) is 19.4 Å². The van der Waals surface area contributed by atoms with E-state index in [2.05, 4.69) is 10.2 Å². The summed E-state index contributed by atoms with van der Waals surface area (Å²) in [6.07, 6.45) is 2.84. The molecule has 0 bridgehead atoms. The Morgan fingerprint density at radius 3 is 3.00 bits per heavy atom. The third-order valence-corrected chi connectivity index (χ3v) is 3.53. The quantitative estimate of drug-likeness (QED) is 0.678. The summed E-state index contributed by atoms with van der Waals surface area (Å²) in [6, 6.07) is 0.580. The van der Waals surface area contributed by atoms with Crippen molar-refractivity contribution < 1.29 is 4.79 Å². The molecule has 0 spiro atoms. The second-order valence-electron chi connectivity index (χ2n) is 4.74. The van der Waals surface area contributed by atoms with Crippen LogP contribution in [0.2, 0.25) is 0 Å². The van der Waals surface area contributed by atoms with E-state index < -0.39 is 0 Å². The number of piperazine rings is 1. The van der Waals surface area contributed by atoms with Gasteiger partial charge in [-0.1, -0.05) is 0 Å². The predicted octanol–water partition coefficient (Wildman–Crippen LogP) is 0.106. The molecule has 14 heavy (non-hydrogen) atoms. The Kier molecular flexibility index (Phi) is 1.90. The van der Waals surface area contributed by atoms with Crippen LogP contribution in [-0.2, 0) is 0 Å². The number of hydrogen-bond acceptors (Lipinski definition) is 2. The fourth-order valence-corrected chi connectivity index (χ4v) is 2.50. The standard InChI is InChI=1S/C10H17N3O/c14-10-11-5-9-7-12(3-4-13(9)10)6-8-1-2-8/h8-9H,1-7H2,(H,11,14)/t9-/m0/s1. The normalized spacial score (nSPS) is 33.0. The number of carbonyl (C=O) groups excluding carboxylic acids is 1. The van der Waals surface area contributed by atoms with E-state index in [4.69, 9.17) is 0 Å². The smallest absolute Gasteiger partial charge is 0.317 e. The summed E-state index contributed by atoms with van der Waals surface area (Å²) >= 11 is 0. The Hall–Kier alpha value is -0.770. The van der Waals surface area contributed by atoms with E-state index in [9.17, 15) is 4.79 Å². The van der Waals surface area contributed by atoms with Crippen LogP contribution in [0.5, 0.6) is 0 Å². The lowest BCUT2D eigenvalue weighted by atomic mass is 10.2. The molecule has 4 heteroatoms. The lowest BCUT2D eigenvalue weighted by Gasteiger charge is -2.36. The van der Waals surface area contributed by atoms with E-state index in [-0.39, 0.29) is 6.03 Å². The van der Waals surface area contributed by atoms with E-state index in [0.717, 1.165) is 32.1 Å². The number of nitrogens with one attached hydrogen (secondary N) is 1. The van der Waals surface area contributed by atoms with Gasteiger partial charge in [-0.15, -0.1) is 0 Å². The molecule has 0 aromatic rings. The third-order valence-electron chi connectivity index (χ3n) is 3.53. The minimum atomic E-state index is 0.140. The van der Waals surface area contributed by atoms with Crippen molar-refractivity contribution in [2.24, 2.45) is 5.92 Å². The number of nitrogens with zero attached hydrogens (tertiary/aromatic N) is 2. The maximum atomic E-state index is 11.3. The highest BCUT2D eigenvalue weighted by molar-refractivity contribution is 5.77. The van der Waals surface area contributed by atoms with Crippen molar-refractivity contribution in [3.05, 3.63) is 0 Å². The van der Waals surface area contributed by atoms with Gasteiger partial charge in [0.2, 0.25) is 0 Å². The predicted molar refractivity (Wildman–Crippen MR) is 53.1 cm³/mol. The van der Waals surface area contributed by atoms with Gasteiger partial charge in [0.1, 0.15) is 0 Å². The van der Waals surface area contributed by atoms with E-state index in [0.29, 0.717) is 6.04 Å². The molecule has 3 fully saturated rings. The SMILES string of the molecule is O=C1NC[C@H]2CN(CC3CC3)CCN12. The molecule has 0 unspecified atom stereocenters. The Morgan fingerprint density at radius 1 is 1.36 bits per heavy atom. The van der Waals surface area contributed by atoms with Gasteiger partial charge in [-0.25, -0.2) is 4.79 Å². The second kappa shape index (κ2) is 3.12. The van der Waals surface area contributed by atoms with Crippen molar-refractivity contribution in [1.29, 1.82) is 0 Å². The molecule has 3 aliphatic rings. The van der Waals surface area contributed by atoms with Crippen molar-refractivity contribution in [3.63, 3.8) is 0 Å². The maximum absolute atomic E-state index is 11.3. The van der Waals surface area contributed by atoms with Gasteiger partial charge in [-0.3, -0.25) is 4.90 Å².